The van der Waals surface area contributed by atoms with Crippen molar-refractivity contribution in [3.8, 4) is 5.75 Å². The van der Waals surface area contributed by atoms with Gasteiger partial charge < -0.3 is 10.1 Å². The van der Waals surface area contributed by atoms with Crippen LogP contribution in [0.15, 0.2) is 78.9 Å². The van der Waals surface area contributed by atoms with E-state index in [-0.39, 0.29) is 11.3 Å². The lowest BCUT2D eigenvalue weighted by atomic mass is 9.87. The van der Waals surface area contributed by atoms with Gasteiger partial charge in [-0.25, -0.2) is 0 Å². The van der Waals surface area contributed by atoms with Gasteiger partial charge in [-0.15, -0.1) is 0 Å². The van der Waals surface area contributed by atoms with E-state index in [9.17, 15) is 14.4 Å². The van der Waals surface area contributed by atoms with E-state index < -0.39 is 11.8 Å². The number of rotatable bonds is 6. The molecular weight excluding hydrogens is 442 g/mol. The quantitative estimate of drug-likeness (QED) is 0.358. The zero-order valence-corrected chi connectivity index (χ0v) is 20.2. The Labute approximate surface area is 205 Å². The molecule has 0 aliphatic carbocycles. The average Bonchev–Trinajstić information content (AvgIpc) is 2.86. The van der Waals surface area contributed by atoms with E-state index in [0.717, 1.165) is 16.9 Å². The summed E-state index contributed by atoms with van der Waals surface area (Å²) in [5.74, 6) is -0.472. The van der Waals surface area contributed by atoms with Gasteiger partial charge in [-0.3, -0.25) is 25.2 Å². The third-order valence-corrected chi connectivity index (χ3v) is 5.26. The number of hydrazine groups is 1. The topological polar surface area (TPSA) is 96.5 Å². The molecule has 7 heteroatoms. The maximum Gasteiger partial charge on any atom is 0.269 e. The molecule has 0 spiro atoms. The summed E-state index contributed by atoms with van der Waals surface area (Å²) in [4.78, 5) is 36.8. The third-order valence-electron chi connectivity index (χ3n) is 5.26. The van der Waals surface area contributed by atoms with Gasteiger partial charge in [0.1, 0.15) is 5.75 Å². The average molecular weight is 472 g/mol. The summed E-state index contributed by atoms with van der Waals surface area (Å²) < 4.78 is 5.09. The molecule has 3 rings (SSSR count). The SMILES string of the molecule is COc1ccc(/C=C/C(=O)NNC(=O)c2ccc(NC(=O)c3ccc(C(C)(C)C)cc3)cc2)cc1. The van der Waals surface area contributed by atoms with E-state index in [1.807, 2.05) is 24.3 Å². The number of hydrogen-bond acceptors (Lipinski definition) is 4. The highest BCUT2D eigenvalue weighted by Gasteiger charge is 2.14. The van der Waals surface area contributed by atoms with Gasteiger partial charge >= 0.3 is 0 Å². The van der Waals surface area contributed by atoms with E-state index in [2.05, 4.69) is 36.9 Å². The van der Waals surface area contributed by atoms with Crippen LogP contribution in [0.2, 0.25) is 0 Å². The molecule has 3 amide bonds. The van der Waals surface area contributed by atoms with Gasteiger partial charge in [0, 0.05) is 22.9 Å². The van der Waals surface area contributed by atoms with Crippen LogP contribution in [-0.4, -0.2) is 24.8 Å². The van der Waals surface area contributed by atoms with Crippen LogP contribution in [0.5, 0.6) is 5.75 Å². The zero-order valence-electron chi connectivity index (χ0n) is 20.2. The molecule has 0 saturated carbocycles. The summed E-state index contributed by atoms with van der Waals surface area (Å²) in [6.45, 7) is 6.35. The predicted molar refractivity (Wildman–Crippen MR) is 137 cm³/mol. The van der Waals surface area contributed by atoms with Gasteiger partial charge in [0.25, 0.3) is 17.7 Å². The number of carbonyl (C=O) groups excluding carboxylic acids is 3. The van der Waals surface area contributed by atoms with Crippen LogP contribution < -0.4 is 20.9 Å². The van der Waals surface area contributed by atoms with E-state index in [1.165, 1.54) is 6.08 Å². The Balaban J connectivity index is 1.50. The molecule has 3 aromatic carbocycles. The highest BCUT2D eigenvalue weighted by Crippen LogP contribution is 2.22. The first-order chi connectivity index (χ1) is 16.7. The fraction of sp³-hybridized carbons (Fsp3) is 0.179. The highest BCUT2D eigenvalue weighted by molar-refractivity contribution is 6.04. The van der Waals surface area contributed by atoms with Gasteiger partial charge in [-0.2, -0.15) is 0 Å². The van der Waals surface area contributed by atoms with Crippen LogP contribution in [0.4, 0.5) is 5.69 Å². The second-order valence-electron chi connectivity index (χ2n) is 8.91. The summed E-state index contributed by atoms with van der Waals surface area (Å²) in [6.07, 6.45) is 2.93. The Morgan fingerprint density at radius 2 is 1.31 bits per heavy atom. The summed E-state index contributed by atoms with van der Waals surface area (Å²) in [5, 5.41) is 2.81. The van der Waals surface area contributed by atoms with E-state index in [4.69, 9.17) is 4.74 Å². The molecule has 3 N–H and O–H groups in total. The molecule has 0 bridgehead atoms. The van der Waals surface area contributed by atoms with Crippen LogP contribution >= 0.6 is 0 Å². The zero-order chi connectivity index (χ0) is 25.4. The van der Waals surface area contributed by atoms with Gasteiger partial charge in [-0.1, -0.05) is 45.0 Å². The number of ether oxygens (including phenoxy) is 1. The van der Waals surface area contributed by atoms with Crippen LogP contribution in [0.1, 0.15) is 52.6 Å². The van der Waals surface area contributed by atoms with Crippen molar-refractivity contribution in [2.75, 3.05) is 12.4 Å². The standard InChI is InChI=1S/C28H29N3O4/c1-28(2,3)22-12-8-20(9-13-22)26(33)29-23-14-10-21(11-15-23)27(34)31-30-25(32)18-7-19-5-16-24(35-4)17-6-19/h5-18H,1-4H3,(H,29,33)(H,30,32)(H,31,34)/b18-7+. The van der Waals surface area contributed by atoms with Crippen molar-refractivity contribution >= 4 is 29.5 Å². The number of anilines is 1. The maximum atomic E-state index is 12.5. The lowest BCUT2D eigenvalue weighted by Crippen LogP contribution is -2.40. The van der Waals surface area contributed by atoms with Crippen molar-refractivity contribution in [1.82, 2.24) is 10.9 Å². The fourth-order valence-corrected chi connectivity index (χ4v) is 3.15. The molecule has 0 saturated heterocycles. The Morgan fingerprint density at radius 3 is 1.89 bits per heavy atom. The van der Waals surface area contributed by atoms with Crippen molar-refractivity contribution < 1.29 is 19.1 Å². The first kappa shape index (κ1) is 25.2. The number of amides is 3. The second kappa shape index (κ2) is 11.2. The number of carbonyl (C=O) groups is 3. The highest BCUT2D eigenvalue weighted by atomic mass is 16.5. The Bertz CT molecular complexity index is 1210. The molecule has 180 valence electrons. The fourth-order valence-electron chi connectivity index (χ4n) is 3.15. The molecule has 35 heavy (non-hydrogen) atoms. The predicted octanol–water partition coefficient (Wildman–Crippen LogP) is 4.72. The second-order valence-corrected chi connectivity index (χ2v) is 8.91. The Hall–Kier alpha value is -4.39. The van der Waals surface area contributed by atoms with Crippen molar-refractivity contribution in [3.63, 3.8) is 0 Å². The lowest BCUT2D eigenvalue weighted by molar-refractivity contribution is -0.117. The van der Waals surface area contributed by atoms with Gasteiger partial charge in [0.05, 0.1) is 7.11 Å². The molecule has 3 aromatic rings. The first-order valence-electron chi connectivity index (χ1n) is 11.1. The van der Waals surface area contributed by atoms with Crippen LogP contribution in [-0.2, 0) is 10.2 Å². The molecule has 0 heterocycles. The van der Waals surface area contributed by atoms with Gasteiger partial charge in [-0.05, 0) is 71.1 Å². The van der Waals surface area contributed by atoms with Crippen molar-refractivity contribution in [3.05, 3.63) is 101 Å². The largest absolute Gasteiger partial charge is 0.497 e. The van der Waals surface area contributed by atoms with Gasteiger partial charge in [0.15, 0.2) is 0 Å². The van der Waals surface area contributed by atoms with Gasteiger partial charge in [0.2, 0.25) is 0 Å². The number of nitrogens with one attached hydrogen (secondary N) is 3. The molecule has 0 fully saturated rings. The summed E-state index contributed by atoms with van der Waals surface area (Å²) in [6, 6.07) is 21.1. The van der Waals surface area contributed by atoms with Crippen LogP contribution in [0.25, 0.3) is 6.08 Å². The molecule has 0 aromatic heterocycles. The number of hydrogen-bond donors (Lipinski definition) is 3. The summed E-state index contributed by atoms with van der Waals surface area (Å²) in [5.41, 5.74) is 8.10. The number of benzene rings is 3. The van der Waals surface area contributed by atoms with E-state index >= 15 is 0 Å². The molecule has 0 aliphatic rings. The smallest absolute Gasteiger partial charge is 0.269 e. The Kier molecular flexibility index (Phi) is 8.04. The van der Waals surface area contributed by atoms with Crippen molar-refractivity contribution in [1.29, 1.82) is 0 Å². The van der Waals surface area contributed by atoms with Crippen LogP contribution in [0.3, 0.4) is 0 Å². The maximum absolute atomic E-state index is 12.5. The third kappa shape index (κ3) is 7.30. The van der Waals surface area contributed by atoms with Crippen molar-refractivity contribution in [2.45, 2.75) is 26.2 Å². The minimum atomic E-state index is -0.480. The molecule has 0 unspecified atom stereocenters. The number of methoxy groups -OCH3 is 1. The Morgan fingerprint density at radius 1 is 0.743 bits per heavy atom. The van der Waals surface area contributed by atoms with Crippen molar-refractivity contribution in [2.24, 2.45) is 0 Å². The van der Waals surface area contributed by atoms with Crippen LogP contribution in [0, 0.1) is 0 Å². The molecular formula is C28H29N3O4. The lowest BCUT2D eigenvalue weighted by Gasteiger charge is -2.19. The minimum absolute atomic E-state index is 0.0116. The molecule has 7 nitrogen and oxygen atoms in total. The molecule has 0 radical (unpaired) electrons. The normalized spacial score (nSPS) is 11.1. The molecule has 0 aliphatic heterocycles. The monoisotopic (exact) mass is 471 g/mol. The molecule has 0 atom stereocenters. The summed E-state index contributed by atoms with van der Waals surface area (Å²) >= 11 is 0. The van der Waals surface area contributed by atoms with E-state index in [1.54, 1.807) is 61.7 Å². The first-order valence-corrected chi connectivity index (χ1v) is 11.1. The van der Waals surface area contributed by atoms with E-state index in [0.29, 0.717) is 16.8 Å². The summed E-state index contributed by atoms with van der Waals surface area (Å²) in [7, 11) is 1.58. The minimum Gasteiger partial charge on any atom is -0.497 e.